The molecule has 0 aliphatic heterocycles. The lowest BCUT2D eigenvalue weighted by atomic mass is 10.2. The molecule has 0 bridgehead atoms. The van der Waals surface area contributed by atoms with Gasteiger partial charge in [-0.25, -0.2) is 21.9 Å². The zero-order chi connectivity index (χ0) is 23.9. The molecule has 0 aromatic heterocycles. The van der Waals surface area contributed by atoms with E-state index in [4.69, 9.17) is 0 Å². The number of alkyl halides is 3. The number of amides is 2. The zero-order valence-electron chi connectivity index (χ0n) is 16.3. The lowest BCUT2D eigenvalue weighted by molar-refractivity contribution is -0.121. The van der Waals surface area contributed by atoms with Crippen molar-refractivity contribution in [3.05, 3.63) is 59.7 Å². The SMILES string of the molecule is O=C(CCCNC(=O)c1ccc(F)cc1F)Nc1ccc(S(=O)(=O)NCC(F)(F)F)cc1. The van der Waals surface area contributed by atoms with Gasteiger partial charge in [0.25, 0.3) is 5.91 Å². The van der Waals surface area contributed by atoms with Crippen molar-refractivity contribution in [2.75, 3.05) is 18.4 Å². The van der Waals surface area contributed by atoms with Gasteiger partial charge in [0, 0.05) is 24.7 Å². The van der Waals surface area contributed by atoms with Crippen LogP contribution in [0.1, 0.15) is 23.2 Å². The molecule has 32 heavy (non-hydrogen) atoms. The first-order chi connectivity index (χ1) is 14.9. The summed E-state index contributed by atoms with van der Waals surface area (Å²) in [4.78, 5) is 23.4. The fraction of sp³-hybridized carbons (Fsp3) is 0.263. The number of sulfonamides is 1. The molecular formula is C19H18F5N3O4S. The van der Waals surface area contributed by atoms with E-state index >= 15 is 0 Å². The third kappa shape index (κ3) is 7.89. The summed E-state index contributed by atoms with van der Waals surface area (Å²) in [7, 11) is -4.36. The third-order valence-electron chi connectivity index (χ3n) is 3.95. The Morgan fingerprint density at radius 1 is 0.969 bits per heavy atom. The summed E-state index contributed by atoms with van der Waals surface area (Å²) in [5.41, 5.74) is -0.127. The van der Waals surface area contributed by atoms with E-state index in [9.17, 15) is 40.0 Å². The van der Waals surface area contributed by atoms with E-state index in [2.05, 4.69) is 10.6 Å². The second-order valence-electron chi connectivity index (χ2n) is 6.50. The van der Waals surface area contributed by atoms with Gasteiger partial charge in [0.05, 0.1) is 10.5 Å². The normalized spacial score (nSPS) is 11.8. The van der Waals surface area contributed by atoms with Gasteiger partial charge in [0.15, 0.2) is 0 Å². The largest absolute Gasteiger partial charge is 0.402 e. The van der Waals surface area contributed by atoms with Crippen molar-refractivity contribution < 1.29 is 40.0 Å². The lowest BCUT2D eigenvalue weighted by Crippen LogP contribution is -2.33. The molecular weight excluding hydrogens is 461 g/mol. The lowest BCUT2D eigenvalue weighted by Gasteiger charge is -2.10. The van der Waals surface area contributed by atoms with Crippen molar-refractivity contribution in [3.63, 3.8) is 0 Å². The molecule has 0 heterocycles. The molecule has 174 valence electrons. The monoisotopic (exact) mass is 479 g/mol. The highest BCUT2D eigenvalue weighted by Crippen LogP contribution is 2.17. The Morgan fingerprint density at radius 2 is 1.62 bits per heavy atom. The van der Waals surface area contributed by atoms with Crippen LogP contribution in [0.2, 0.25) is 0 Å². The number of rotatable bonds is 9. The fourth-order valence-electron chi connectivity index (χ4n) is 2.42. The predicted octanol–water partition coefficient (Wildman–Crippen LogP) is 2.95. The number of halogens is 5. The molecule has 0 aliphatic rings. The summed E-state index contributed by atoms with van der Waals surface area (Å²) in [5.74, 6) is -3.07. The van der Waals surface area contributed by atoms with Crippen LogP contribution in [-0.4, -0.2) is 39.5 Å². The highest BCUT2D eigenvalue weighted by Gasteiger charge is 2.30. The molecule has 0 spiro atoms. The van der Waals surface area contributed by atoms with Crippen molar-refractivity contribution in [3.8, 4) is 0 Å². The number of carbonyl (C=O) groups is 2. The molecule has 0 unspecified atom stereocenters. The van der Waals surface area contributed by atoms with E-state index in [0.717, 1.165) is 24.3 Å². The molecule has 2 aromatic rings. The molecule has 0 radical (unpaired) electrons. The number of carbonyl (C=O) groups excluding carboxylic acids is 2. The summed E-state index contributed by atoms with van der Waals surface area (Å²) >= 11 is 0. The number of anilines is 1. The van der Waals surface area contributed by atoms with Crippen LogP contribution in [0.15, 0.2) is 47.4 Å². The quantitative estimate of drug-likeness (QED) is 0.380. The molecule has 0 aliphatic carbocycles. The molecule has 3 N–H and O–H groups in total. The van der Waals surface area contributed by atoms with E-state index < -0.39 is 51.1 Å². The summed E-state index contributed by atoms with van der Waals surface area (Å²) in [6.07, 6.45) is -4.55. The summed E-state index contributed by atoms with van der Waals surface area (Å²) in [5, 5.41) is 4.85. The average molecular weight is 479 g/mol. The Labute approximate surface area is 180 Å². The average Bonchev–Trinajstić information content (AvgIpc) is 2.69. The van der Waals surface area contributed by atoms with Gasteiger partial charge in [-0.1, -0.05) is 0 Å². The number of nitrogens with one attached hydrogen (secondary N) is 3. The van der Waals surface area contributed by atoms with Crippen molar-refractivity contribution >= 4 is 27.5 Å². The van der Waals surface area contributed by atoms with Crippen molar-refractivity contribution in [1.82, 2.24) is 10.0 Å². The second-order valence-corrected chi connectivity index (χ2v) is 8.26. The molecule has 7 nitrogen and oxygen atoms in total. The Morgan fingerprint density at radius 3 is 2.22 bits per heavy atom. The summed E-state index contributed by atoms with van der Waals surface area (Å²) < 4.78 is 87.9. The fourth-order valence-corrected chi connectivity index (χ4v) is 3.44. The summed E-state index contributed by atoms with van der Waals surface area (Å²) in [6, 6.07) is 6.99. The van der Waals surface area contributed by atoms with Crippen LogP contribution < -0.4 is 15.4 Å². The Kier molecular flexibility index (Phi) is 8.27. The van der Waals surface area contributed by atoms with E-state index in [0.29, 0.717) is 6.07 Å². The molecule has 0 saturated carbocycles. The van der Waals surface area contributed by atoms with Crippen LogP contribution in [0.4, 0.5) is 27.6 Å². The minimum Gasteiger partial charge on any atom is -0.352 e. The van der Waals surface area contributed by atoms with Crippen molar-refractivity contribution in [1.29, 1.82) is 0 Å². The van der Waals surface area contributed by atoms with Gasteiger partial charge in [-0.2, -0.15) is 13.2 Å². The van der Waals surface area contributed by atoms with E-state index in [-0.39, 0.29) is 30.6 Å². The van der Waals surface area contributed by atoms with Crippen LogP contribution in [0.25, 0.3) is 0 Å². The predicted molar refractivity (Wildman–Crippen MR) is 104 cm³/mol. The summed E-state index contributed by atoms with van der Waals surface area (Å²) in [6.45, 7) is -1.68. The maximum absolute atomic E-state index is 13.5. The molecule has 0 atom stereocenters. The first-order valence-corrected chi connectivity index (χ1v) is 10.6. The van der Waals surface area contributed by atoms with Gasteiger partial charge in [-0.05, 0) is 42.8 Å². The van der Waals surface area contributed by atoms with E-state index in [1.165, 1.54) is 16.9 Å². The van der Waals surface area contributed by atoms with Crippen molar-refractivity contribution in [2.24, 2.45) is 0 Å². The number of hydrogen-bond donors (Lipinski definition) is 3. The van der Waals surface area contributed by atoms with Crippen LogP contribution >= 0.6 is 0 Å². The standard InChI is InChI=1S/C19H18F5N3O4S/c20-12-3-8-15(16(21)10-12)18(29)25-9-1-2-17(28)27-13-4-6-14(7-5-13)32(30,31)26-11-19(22,23)24/h3-8,10,26H,1-2,9,11H2,(H,25,29)(H,27,28). The van der Waals surface area contributed by atoms with Gasteiger partial charge in [0.1, 0.15) is 18.2 Å². The van der Waals surface area contributed by atoms with Crippen LogP contribution in [0, 0.1) is 11.6 Å². The smallest absolute Gasteiger partial charge is 0.352 e. The Hall–Kier alpha value is -3.06. The zero-order valence-corrected chi connectivity index (χ0v) is 17.1. The van der Waals surface area contributed by atoms with Crippen molar-refractivity contribution in [2.45, 2.75) is 23.9 Å². The molecule has 2 aromatic carbocycles. The maximum atomic E-state index is 13.5. The van der Waals surface area contributed by atoms with Gasteiger partial charge >= 0.3 is 6.18 Å². The highest BCUT2D eigenvalue weighted by molar-refractivity contribution is 7.89. The number of benzene rings is 2. The maximum Gasteiger partial charge on any atom is 0.402 e. The topological polar surface area (TPSA) is 104 Å². The van der Waals surface area contributed by atoms with Gasteiger partial charge in [0.2, 0.25) is 15.9 Å². The number of hydrogen-bond acceptors (Lipinski definition) is 4. The van der Waals surface area contributed by atoms with Crippen LogP contribution in [0.5, 0.6) is 0 Å². The first-order valence-electron chi connectivity index (χ1n) is 9.07. The van der Waals surface area contributed by atoms with E-state index in [1.54, 1.807) is 0 Å². The molecule has 13 heteroatoms. The van der Waals surface area contributed by atoms with Gasteiger partial charge < -0.3 is 10.6 Å². The molecule has 2 rings (SSSR count). The Balaban J connectivity index is 1.79. The van der Waals surface area contributed by atoms with Gasteiger partial charge in [-0.3, -0.25) is 9.59 Å². The van der Waals surface area contributed by atoms with Crippen LogP contribution in [-0.2, 0) is 14.8 Å². The van der Waals surface area contributed by atoms with Crippen LogP contribution in [0.3, 0.4) is 0 Å². The van der Waals surface area contributed by atoms with E-state index in [1.807, 2.05) is 0 Å². The first kappa shape index (κ1) is 25.2. The Bertz CT molecular complexity index is 1070. The molecule has 2 amide bonds. The van der Waals surface area contributed by atoms with Gasteiger partial charge in [-0.15, -0.1) is 0 Å². The highest BCUT2D eigenvalue weighted by atomic mass is 32.2. The minimum atomic E-state index is -4.70. The molecule has 0 saturated heterocycles. The molecule has 0 fully saturated rings. The second kappa shape index (κ2) is 10.5. The third-order valence-corrected chi connectivity index (χ3v) is 5.37. The minimum absolute atomic E-state index is 0.0329.